The monoisotopic (exact) mass is 485 g/mol. The molecule has 35 heavy (non-hydrogen) atoms. The van der Waals surface area contributed by atoms with Crippen molar-refractivity contribution in [2.75, 3.05) is 26.1 Å². The molecule has 9 heteroatoms. The lowest BCUT2D eigenvalue weighted by molar-refractivity contribution is -0.121. The molecule has 0 saturated carbocycles. The molecule has 9 nitrogen and oxygen atoms in total. The largest absolute Gasteiger partial charge is 0.493 e. The van der Waals surface area contributed by atoms with E-state index in [1.165, 1.54) is 0 Å². The third kappa shape index (κ3) is 10.4. The number of anilines is 1. The van der Waals surface area contributed by atoms with Crippen molar-refractivity contribution in [3.8, 4) is 11.5 Å². The summed E-state index contributed by atoms with van der Waals surface area (Å²) in [4.78, 5) is 35.9. The molecule has 190 valence electrons. The number of hydrogen-bond acceptors (Lipinski definition) is 6. The Morgan fingerprint density at radius 3 is 2.09 bits per heavy atom. The number of alkyl carbamates (subject to hydrolysis) is 1. The Morgan fingerprint density at radius 1 is 0.800 bits per heavy atom. The Balaban J connectivity index is 1.70. The van der Waals surface area contributed by atoms with Gasteiger partial charge in [-0.15, -0.1) is 0 Å². The van der Waals surface area contributed by atoms with Crippen molar-refractivity contribution in [1.82, 2.24) is 10.6 Å². The minimum Gasteiger partial charge on any atom is -0.493 e. The lowest BCUT2D eigenvalue weighted by atomic mass is 10.1. The van der Waals surface area contributed by atoms with Crippen LogP contribution in [0.5, 0.6) is 11.5 Å². The minimum absolute atomic E-state index is 0.0605. The van der Waals surface area contributed by atoms with E-state index >= 15 is 0 Å². The first kappa shape index (κ1) is 27.5. The average Bonchev–Trinajstić information content (AvgIpc) is 2.80. The van der Waals surface area contributed by atoms with Crippen molar-refractivity contribution in [1.29, 1.82) is 0 Å². The van der Waals surface area contributed by atoms with Crippen molar-refractivity contribution in [3.63, 3.8) is 0 Å². The fourth-order valence-corrected chi connectivity index (χ4v) is 3.10. The van der Waals surface area contributed by atoms with E-state index in [1.54, 1.807) is 47.1 Å². The molecule has 2 aromatic rings. The second-order valence-electron chi connectivity index (χ2n) is 8.89. The summed E-state index contributed by atoms with van der Waals surface area (Å²) < 4.78 is 15.6. The van der Waals surface area contributed by atoms with Gasteiger partial charge < -0.3 is 30.2 Å². The molecule has 0 atom stereocenters. The number of hydrogen-bond donors (Lipinski definition) is 3. The lowest BCUT2D eigenvalue weighted by Gasteiger charge is -2.19. The van der Waals surface area contributed by atoms with E-state index in [2.05, 4.69) is 16.0 Å². The van der Waals surface area contributed by atoms with E-state index in [9.17, 15) is 14.4 Å². The van der Waals surface area contributed by atoms with Crippen molar-refractivity contribution in [3.05, 3.63) is 53.6 Å². The first-order chi connectivity index (χ1) is 16.6. The first-order valence-electron chi connectivity index (χ1n) is 11.4. The van der Waals surface area contributed by atoms with Crippen LogP contribution in [-0.4, -0.2) is 44.3 Å². The van der Waals surface area contributed by atoms with Gasteiger partial charge in [0, 0.05) is 31.6 Å². The summed E-state index contributed by atoms with van der Waals surface area (Å²) in [6.45, 7) is 5.88. The van der Waals surface area contributed by atoms with Gasteiger partial charge in [-0.2, -0.15) is 0 Å². The Hall–Kier alpha value is -3.75. The molecule has 0 fully saturated rings. The van der Waals surface area contributed by atoms with Gasteiger partial charge in [-0.05, 0) is 62.6 Å². The van der Waals surface area contributed by atoms with E-state index in [0.717, 1.165) is 11.1 Å². The van der Waals surface area contributed by atoms with Gasteiger partial charge in [0.25, 0.3) is 0 Å². The van der Waals surface area contributed by atoms with Crippen LogP contribution in [0.2, 0.25) is 0 Å². The third-order valence-electron chi connectivity index (χ3n) is 4.84. The SMILES string of the molecule is COc1ccc(CCC(=O)NCc2ccc(NC(=O)CCNC(=O)OC(C)(C)C)cc2)cc1OC. The average molecular weight is 486 g/mol. The van der Waals surface area contributed by atoms with Crippen LogP contribution in [0.3, 0.4) is 0 Å². The van der Waals surface area contributed by atoms with Crippen molar-refractivity contribution < 1.29 is 28.6 Å². The summed E-state index contributed by atoms with van der Waals surface area (Å²) in [5.74, 6) is 1.00. The van der Waals surface area contributed by atoms with Gasteiger partial charge in [0.15, 0.2) is 11.5 Å². The number of carbonyl (C=O) groups excluding carboxylic acids is 3. The first-order valence-corrected chi connectivity index (χ1v) is 11.4. The number of ether oxygens (including phenoxy) is 3. The van der Waals surface area contributed by atoms with Crippen molar-refractivity contribution in [2.45, 2.75) is 52.2 Å². The highest BCUT2D eigenvalue weighted by Crippen LogP contribution is 2.27. The summed E-state index contributed by atoms with van der Waals surface area (Å²) in [6, 6.07) is 12.8. The molecule has 0 aliphatic carbocycles. The number of aryl methyl sites for hydroxylation is 1. The number of nitrogens with one attached hydrogen (secondary N) is 3. The molecule has 0 aliphatic rings. The van der Waals surface area contributed by atoms with Crippen LogP contribution in [0.1, 0.15) is 44.7 Å². The lowest BCUT2D eigenvalue weighted by Crippen LogP contribution is -2.34. The zero-order valence-corrected chi connectivity index (χ0v) is 21.0. The fourth-order valence-electron chi connectivity index (χ4n) is 3.10. The quantitative estimate of drug-likeness (QED) is 0.446. The van der Waals surface area contributed by atoms with Gasteiger partial charge in [-0.25, -0.2) is 4.79 Å². The molecule has 0 bridgehead atoms. The maximum absolute atomic E-state index is 12.2. The van der Waals surface area contributed by atoms with Gasteiger partial charge in [0.2, 0.25) is 11.8 Å². The topological polar surface area (TPSA) is 115 Å². The van der Waals surface area contributed by atoms with Crippen molar-refractivity contribution in [2.24, 2.45) is 0 Å². The highest BCUT2D eigenvalue weighted by Gasteiger charge is 2.16. The normalized spacial score (nSPS) is 10.8. The Kier molecular flexibility index (Phi) is 10.4. The predicted octanol–water partition coefficient (Wildman–Crippen LogP) is 3.81. The molecule has 0 radical (unpaired) electrons. The van der Waals surface area contributed by atoms with E-state index in [4.69, 9.17) is 14.2 Å². The highest BCUT2D eigenvalue weighted by atomic mass is 16.6. The van der Waals surface area contributed by atoms with Crippen LogP contribution in [0.25, 0.3) is 0 Å². The maximum Gasteiger partial charge on any atom is 0.407 e. The maximum atomic E-state index is 12.2. The van der Waals surface area contributed by atoms with Crippen LogP contribution in [0, 0.1) is 0 Å². The fraction of sp³-hybridized carbons (Fsp3) is 0.423. The number of rotatable bonds is 11. The van der Waals surface area contributed by atoms with E-state index < -0.39 is 11.7 Å². The van der Waals surface area contributed by atoms with Gasteiger partial charge >= 0.3 is 6.09 Å². The van der Waals surface area contributed by atoms with Gasteiger partial charge in [0.1, 0.15) is 5.60 Å². The number of benzene rings is 2. The number of methoxy groups -OCH3 is 2. The molecule has 0 saturated heterocycles. The molecule has 0 aromatic heterocycles. The smallest absolute Gasteiger partial charge is 0.407 e. The van der Waals surface area contributed by atoms with Crippen LogP contribution in [0.4, 0.5) is 10.5 Å². The van der Waals surface area contributed by atoms with Gasteiger partial charge in [-0.1, -0.05) is 18.2 Å². The van der Waals surface area contributed by atoms with Crippen LogP contribution >= 0.6 is 0 Å². The molecule has 2 aromatic carbocycles. The molecular weight excluding hydrogens is 450 g/mol. The summed E-state index contributed by atoms with van der Waals surface area (Å²) in [7, 11) is 3.16. The van der Waals surface area contributed by atoms with Crippen LogP contribution in [-0.2, 0) is 27.3 Å². The summed E-state index contributed by atoms with van der Waals surface area (Å²) in [6.07, 6.45) is 0.498. The molecule has 0 heterocycles. The molecule has 3 amide bonds. The zero-order valence-electron chi connectivity index (χ0n) is 21.0. The van der Waals surface area contributed by atoms with Gasteiger partial charge in [-0.3, -0.25) is 9.59 Å². The second kappa shape index (κ2) is 13.2. The van der Waals surface area contributed by atoms with Gasteiger partial charge in [0.05, 0.1) is 14.2 Å². The number of amides is 3. The Labute approximate surface area is 206 Å². The molecule has 0 spiro atoms. The second-order valence-corrected chi connectivity index (χ2v) is 8.89. The number of carbonyl (C=O) groups is 3. The molecule has 0 aliphatic heterocycles. The van der Waals surface area contributed by atoms with Crippen molar-refractivity contribution >= 4 is 23.6 Å². The Bertz CT molecular complexity index is 999. The third-order valence-corrected chi connectivity index (χ3v) is 4.84. The van der Waals surface area contributed by atoms with E-state index in [-0.39, 0.29) is 24.8 Å². The predicted molar refractivity (Wildman–Crippen MR) is 134 cm³/mol. The Morgan fingerprint density at radius 2 is 1.46 bits per heavy atom. The summed E-state index contributed by atoms with van der Waals surface area (Å²) >= 11 is 0. The summed E-state index contributed by atoms with van der Waals surface area (Å²) in [5.41, 5.74) is 1.95. The highest BCUT2D eigenvalue weighted by molar-refractivity contribution is 5.91. The van der Waals surface area contributed by atoms with Crippen LogP contribution in [0.15, 0.2) is 42.5 Å². The molecule has 3 N–H and O–H groups in total. The molecule has 2 rings (SSSR count). The van der Waals surface area contributed by atoms with Crippen LogP contribution < -0.4 is 25.4 Å². The molecular formula is C26H35N3O6. The minimum atomic E-state index is -0.585. The molecule has 0 unspecified atom stereocenters. The standard InChI is InChI=1S/C26H35N3O6/c1-26(2,3)35-25(32)27-15-14-24(31)29-20-10-6-19(7-11-20)17-28-23(30)13-9-18-8-12-21(33-4)22(16-18)34-5/h6-8,10-12,16H,9,13-15,17H2,1-5H3,(H,27,32)(H,28,30)(H,29,31). The van der Waals surface area contributed by atoms with E-state index in [1.807, 2.05) is 30.3 Å². The zero-order chi connectivity index (χ0) is 25.8. The summed E-state index contributed by atoms with van der Waals surface area (Å²) in [5, 5.41) is 8.22. The van der Waals surface area contributed by atoms with E-state index in [0.29, 0.717) is 36.6 Å².